The number of para-hydroxylation sites is 3. The van der Waals surface area contributed by atoms with Gasteiger partial charge in [0.1, 0.15) is 17.0 Å². The zero-order valence-electron chi connectivity index (χ0n) is 14.1. The van der Waals surface area contributed by atoms with E-state index in [0.29, 0.717) is 11.6 Å². The minimum Gasteiger partial charge on any atom is -0.506 e. The summed E-state index contributed by atoms with van der Waals surface area (Å²) in [5.74, 6) is 1.14. The number of fused-ring (bicyclic) bond motifs is 1. The van der Waals surface area contributed by atoms with Gasteiger partial charge >= 0.3 is 0 Å². The van der Waals surface area contributed by atoms with Gasteiger partial charge in [-0.1, -0.05) is 29.5 Å². The fourth-order valence-corrected chi connectivity index (χ4v) is 4.30. The SMILES string of the molecule is COc1ccccc1NC1CCN(c2nc3c(O)cccc3s2)CC1. The lowest BCUT2D eigenvalue weighted by atomic mass is 10.0. The van der Waals surface area contributed by atoms with Crippen molar-refractivity contribution in [3.05, 3.63) is 42.5 Å². The van der Waals surface area contributed by atoms with Crippen LogP contribution in [-0.4, -0.2) is 36.3 Å². The van der Waals surface area contributed by atoms with Crippen molar-refractivity contribution in [2.24, 2.45) is 0 Å². The number of aromatic nitrogens is 1. The molecule has 5 nitrogen and oxygen atoms in total. The van der Waals surface area contributed by atoms with E-state index in [4.69, 9.17) is 4.74 Å². The quantitative estimate of drug-likeness (QED) is 0.738. The first-order chi connectivity index (χ1) is 12.2. The van der Waals surface area contributed by atoms with E-state index < -0.39 is 0 Å². The molecule has 3 aromatic rings. The number of phenolic OH excluding ortho intramolecular Hbond substituents is 1. The number of aromatic hydroxyl groups is 1. The molecule has 25 heavy (non-hydrogen) atoms. The van der Waals surface area contributed by atoms with Gasteiger partial charge in [0.25, 0.3) is 0 Å². The Morgan fingerprint density at radius 3 is 2.72 bits per heavy atom. The van der Waals surface area contributed by atoms with Gasteiger partial charge < -0.3 is 20.1 Å². The molecule has 0 atom stereocenters. The summed E-state index contributed by atoms with van der Waals surface area (Å²) in [6.07, 6.45) is 2.08. The number of ether oxygens (including phenoxy) is 1. The first-order valence-electron chi connectivity index (χ1n) is 8.47. The first kappa shape index (κ1) is 16.0. The molecule has 0 amide bonds. The number of piperidine rings is 1. The molecule has 2 N–H and O–H groups in total. The molecule has 0 bridgehead atoms. The van der Waals surface area contributed by atoms with E-state index >= 15 is 0 Å². The highest BCUT2D eigenvalue weighted by Crippen LogP contribution is 2.35. The van der Waals surface area contributed by atoms with Crippen molar-refractivity contribution in [1.82, 2.24) is 4.98 Å². The van der Waals surface area contributed by atoms with Crippen LogP contribution >= 0.6 is 11.3 Å². The topological polar surface area (TPSA) is 57.6 Å². The number of hydrogen-bond donors (Lipinski definition) is 2. The van der Waals surface area contributed by atoms with E-state index in [-0.39, 0.29) is 5.75 Å². The third-order valence-electron chi connectivity index (χ3n) is 4.62. The van der Waals surface area contributed by atoms with Crippen molar-refractivity contribution >= 4 is 32.4 Å². The Balaban J connectivity index is 1.43. The number of anilines is 2. The molecule has 0 aliphatic carbocycles. The van der Waals surface area contributed by atoms with Crippen molar-refractivity contribution in [2.45, 2.75) is 18.9 Å². The second kappa shape index (κ2) is 6.80. The summed E-state index contributed by atoms with van der Waals surface area (Å²) in [6, 6.07) is 14.0. The second-order valence-electron chi connectivity index (χ2n) is 6.23. The molecular weight excluding hydrogens is 334 g/mol. The van der Waals surface area contributed by atoms with Crippen LogP contribution in [0.1, 0.15) is 12.8 Å². The number of hydrogen-bond acceptors (Lipinski definition) is 6. The maximum Gasteiger partial charge on any atom is 0.186 e. The van der Waals surface area contributed by atoms with Crippen LogP contribution in [0, 0.1) is 0 Å². The van der Waals surface area contributed by atoms with Crippen LogP contribution < -0.4 is 15.0 Å². The van der Waals surface area contributed by atoms with Crippen molar-refractivity contribution in [1.29, 1.82) is 0 Å². The fourth-order valence-electron chi connectivity index (χ4n) is 3.26. The zero-order valence-corrected chi connectivity index (χ0v) is 14.9. The number of benzene rings is 2. The van der Waals surface area contributed by atoms with Gasteiger partial charge in [0.05, 0.1) is 17.5 Å². The second-order valence-corrected chi connectivity index (χ2v) is 7.24. The molecule has 2 aromatic carbocycles. The van der Waals surface area contributed by atoms with E-state index in [9.17, 15) is 5.11 Å². The Morgan fingerprint density at radius 2 is 1.96 bits per heavy atom. The Kier molecular flexibility index (Phi) is 4.36. The summed E-state index contributed by atoms with van der Waals surface area (Å²) >= 11 is 1.64. The minimum absolute atomic E-state index is 0.257. The Labute approximate surface area is 150 Å². The number of rotatable bonds is 4. The van der Waals surface area contributed by atoms with E-state index in [1.54, 1.807) is 24.5 Å². The van der Waals surface area contributed by atoms with Gasteiger partial charge in [-0.3, -0.25) is 0 Å². The molecular formula is C19H21N3O2S. The van der Waals surface area contributed by atoms with Gasteiger partial charge in [0.15, 0.2) is 5.13 Å². The molecule has 0 radical (unpaired) electrons. The molecule has 0 saturated carbocycles. The first-order valence-corrected chi connectivity index (χ1v) is 9.29. The van der Waals surface area contributed by atoms with Crippen LogP contribution in [-0.2, 0) is 0 Å². The molecule has 1 aromatic heterocycles. The molecule has 0 unspecified atom stereocenters. The number of methoxy groups -OCH3 is 1. The van der Waals surface area contributed by atoms with Crippen LogP contribution in [0.4, 0.5) is 10.8 Å². The molecule has 1 saturated heterocycles. The number of nitrogens with one attached hydrogen (secondary N) is 1. The molecule has 4 rings (SSSR count). The van der Waals surface area contributed by atoms with Crippen LogP contribution in [0.2, 0.25) is 0 Å². The molecule has 1 aliphatic rings. The van der Waals surface area contributed by atoms with Crippen LogP contribution in [0.25, 0.3) is 10.2 Å². The highest BCUT2D eigenvalue weighted by Gasteiger charge is 2.22. The average Bonchev–Trinajstić information content (AvgIpc) is 3.08. The fraction of sp³-hybridized carbons (Fsp3) is 0.316. The van der Waals surface area contributed by atoms with Gasteiger partial charge in [0, 0.05) is 19.1 Å². The normalized spacial score (nSPS) is 15.5. The maximum absolute atomic E-state index is 9.94. The van der Waals surface area contributed by atoms with Gasteiger partial charge in [-0.15, -0.1) is 0 Å². The summed E-state index contributed by atoms with van der Waals surface area (Å²) in [6.45, 7) is 1.90. The van der Waals surface area contributed by atoms with E-state index in [1.165, 1.54) is 0 Å². The van der Waals surface area contributed by atoms with Gasteiger partial charge in [-0.2, -0.15) is 0 Å². The highest BCUT2D eigenvalue weighted by atomic mass is 32.1. The minimum atomic E-state index is 0.257. The largest absolute Gasteiger partial charge is 0.506 e. The Bertz CT molecular complexity index is 872. The maximum atomic E-state index is 9.94. The summed E-state index contributed by atoms with van der Waals surface area (Å²) in [4.78, 5) is 6.94. The van der Waals surface area contributed by atoms with Crippen molar-refractivity contribution in [3.63, 3.8) is 0 Å². The van der Waals surface area contributed by atoms with Gasteiger partial charge in [-0.25, -0.2) is 4.98 Å². The lowest BCUT2D eigenvalue weighted by Gasteiger charge is -2.32. The molecule has 1 fully saturated rings. The third kappa shape index (κ3) is 3.22. The molecule has 130 valence electrons. The van der Waals surface area contributed by atoms with E-state index in [2.05, 4.69) is 21.3 Å². The lowest BCUT2D eigenvalue weighted by molar-refractivity contribution is 0.415. The predicted molar refractivity (Wildman–Crippen MR) is 103 cm³/mol. The van der Waals surface area contributed by atoms with E-state index in [1.807, 2.05) is 30.3 Å². The summed E-state index contributed by atoms with van der Waals surface area (Å²) in [5.41, 5.74) is 1.75. The Hall–Kier alpha value is -2.47. The highest BCUT2D eigenvalue weighted by molar-refractivity contribution is 7.22. The van der Waals surface area contributed by atoms with E-state index in [0.717, 1.165) is 47.2 Å². The smallest absolute Gasteiger partial charge is 0.186 e. The van der Waals surface area contributed by atoms with Crippen molar-refractivity contribution in [3.8, 4) is 11.5 Å². The Morgan fingerprint density at radius 1 is 1.16 bits per heavy atom. The van der Waals surface area contributed by atoms with Crippen molar-refractivity contribution in [2.75, 3.05) is 30.4 Å². The van der Waals surface area contributed by atoms with Crippen LogP contribution in [0.3, 0.4) is 0 Å². The lowest BCUT2D eigenvalue weighted by Crippen LogP contribution is -2.39. The average molecular weight is 355 g/mol. The van der Waals surface area contributed by atoms with Gasteiger partial charge in [-0.05, 0) is 37.1 Å². The van der Waals surface area contributed by atoms with Crippen LogP contribution in [0.15, 0.2) is 42.5 Å². The molecule has 0 spiro atoms. The van der Waals surface area contributed by atoms with Crippen LogP contribution in [0.5, 0.6) is 11.5 Å². The summed E-state index contributed by atoms with van der Waals surface area (Å²) in [5, 5.41) is 14.5. The van der Waals surface area contributed by atoms with Gasteiger partial charge in [0.2, 0.25) is 0 Å². The molecule has 1 aliphatic heterocycles. The third-order valence-corrected chi connectivity index (χ3v) is 5.70. The molecule has 2 heterocycles. The monoisotopic (exact) mass is 355 g/mol. The molecule has 6 heteroatoms. The standard InChI is InChI=1S/C19H21N3O2S/c1-24-16-7-3-2-5-14(16)20-13-9-11-22(12-10-13)19-21-18-15(23)6-4-8-17(18)25-19/h2-8,13,20,23H,9-12H2,1H3. The predicted octanol–water partition coefficient (Wildman–Crippen LogP) is 4.09. The summed E-state index contributed by atoms with van der Waals surface area (Å²) in [7, 11) is 1.70. The summed E-state index contributed by atoms with van der Waals surface area (Å²) < 4.78 is 6.45. The number of phenols is 1. The zero-order chi connectivity index (χ0) is 17.2. The number of thiazole rings is 1. The van der Waals surface area contributed by atoms with Crippen molar-refractivity contribution < 1.29 is 9.84 Å². The number of nitrogens with zero attached hydrogens (tertiary/aromatic N) is 2.